The Morgan fingerprint density at radius 2 is 2.00 bits per heavy atom. The molecular formula is C20H36. The van der Waals surface area contributed by atoms with Gasteiger partial charge in [-0.1, -0.05) is 84.1 Å². The first-order valence-corrected chi connectivity index (χ1v) is 8.21. The molecule has 2 atom stereocenters. The molecule has 0 fully saturated rings. The van der Waals surface area contributed by atoms with Gasteiger partial charge in [0.15, 0.2) is 0 Å². The Morgan fingerprint density at radius 3 is 2.25 bits per heavy atom. The van der Waals surface area contributed by atoms with Crippen LogP contribution in [0.3, 0.4) is 0 Å². The van der Waals surface area contributed by atoms with E-state index in [9.17, 15) is 0 Å². The Morgan fingerprint density at radius 1 is 1.40 bits per heavy atom. The molecule has 0 saturated carbocycles. The Hall–Kier alpha value is -1.04. The van der Waals surface area contributed by atoms with E-state index in [1.807, 2.05) is 19.9 Å². The van der Waals surface area contributed by atoms with Crippen LogP contribution in [-0.2, 0) is 0 Å². The molecule has 0 N–H and O–H groups in total. The molecule has 0 heterocycles. The predicted octanol–water partition coefficient (Wildman–Crippen LogP) is 7.11. The maximum atomic E-state index is 3.94. The minimum absolute atomic E-state index is 0.716. The SMILES string of the molecule is C=C(C)C(CC)CCC.C=CC1=CCC(C)C=C1.CC. The van der Waals surface area contributed by atoms with Gasteiger partial charge in [0.1, 0.15) is 0 Å². The Balaban J connectivity index is 0. The van der Waals surface area contributed by atoms with E-state index >= 15 is 0 Å². The summed E-state index contributed by atoms with van der Waals surface area (Å²) in [7, 11) is 0. The van der Waals surface area contributed by atoms with Crippen molar-refractivity contribution in [2.75, 3.05) is 0 Å². The zero-order valence-electron chi connectivity index (χ0n) is 14.7. The van der Waals surface area contributed by atoms with E-state index in [1.165, 1.54) is 30.4 Å². The molecule has 20 heavy (non-hydrogen) atoms. The van der Waals surface area contributed by atoms with Gasteiger partial charge in [-0.25, -0.2) is 0 Å². The van der Waals surface area contributed by atoms with Crippen molar-refractivity contribution in [1.82, 2.24) is 0 Å². The molecule has 0 radical (unpaired) electrons. The maximum absolute atomic E-state index is 3.94. The summed E-state index contributed by atoms with van der Waals surface area (Å²) in [6.07, 6.45) is 13.5. The van der Waals surface area contributed by atoms with Gasteiger partial charge in [0, 0.05) is 0 Å². The van der Waals surface area contributed by atoms with E-state index < -0.39 is 0 Å². The smallest absolute Gasteiger partial charge is 0.0211 e. The first kappa shape index (κ1) is 21.3. The average Bonchev–Trinajstić information content (AvgIpc) is 2.48. The normalized spacial score (nSPS) is 17.7. The second-order valence-electron chi connectivity index (χ2n) is 5.22. The van der Waals surface area contributed by atoms with Crippen LogP contribution in [0.25, 0.3) is 0 Å². The van der Waals surface area contributed by atoms with E-state index in [0.29, 0.717) is 5.92 Å². The van der Waals surface area contributed by atoms with Crippen molar-refractivity contribution in [3.05, 3.63) is 48.6 Å². The second-order valence-corrected chi connectivity index (χ2v) is 5.22. The summed E-state index contributed by atoms with van der Waals surface area (Å²) < 4.78 is 0. The zero-order chi connectivity index (χ0) is 16.0. The van der Waals surface area contributed by atoms with Crippen molar-refractivity contribution in [3.63, 3.8) is 0 Å². The van der Waals surface area contributed by atoms with Gasteiger partial charge in [0.25, 0.3) is 0 Å². The Kier molecular flexibility index (Phi) is 15.3. The fourth-order valence-electron chi connectivity index (χ4n) is 2.04. The van der Waals surface area contributed by atoms with Crippen LogP contribution in [0.2, 0.25) is 0 Å². The molecular weight excluding hydrogens is 240 g/mol. The van der Waals surface area contributed by atoms with Crippen LogP contribution in [0.5, 0.6) is 0 Å². The number of rotatable bonds is 5. The molecule has 1 aliphatic carbocycles. The molecule has 2 unspecified atom stereocenters. The first-order valence-electron chi connectivity index (χ1n) is 8.21. The van der Waals surface area contributed by atoms with Gasteiger partial charge < -0.3 is 0 Å². The zero-order valence-corrected chi connectivity index (χ0v) is 14.7. The van der Waals surface area contributed by atoms with Crippen molar-refractivity contribution in [2.24, 2.45) is 11.8 Å². The van der Waals surface area contributed by atoms with E-state index in [2.05, 4.69) is 59.1 Å². The van der Waals surface area contributed by atoms with Crippen LogP contribution in [-0.4, -0.2) is 0 Å². The minimum Gasteiger partial charge on any atom is -0.0999 e. The Labute approximate surface area is 128 Å². The summed E-state index contributed by atoms with van der Waals surface area (Å²) in [6, 6.07) is 0. The molecule has 116 valence electrons. The molecule has 0 bridgehead atoms. The average molecular weight is 277 g/mol. The molecule has 0 amide bonds. The third-order valence-electron chi connectivity index (χ3n) is 3.41. The van der Waals surface area contributed by atoms with Gasteiger partial charge in [-0.3, -0.25) is 0 Å². The number of allylic oxidation sites excluding steroid dienone is 6. The molecule has 1 aliphatic rings. The van der Waals surface area contributed by atoms with Crippen LogP contribution < -0.4 is 0 Å². The van der Waals surface area contributed by atoms with Crippen LogP contribution in [0.4, 0.5) is 0 Å². The van der Waals surface area contributed by atoms with E-state index in [-0.39, 0.29) is 0 Å². The number of hydrogen-bond donors (Lipinski definition) is 0. The molecule has 0 aromatic heterocycles. The lowest BCUT2D eigenvalue weighted by Gasteiger charge is -2.12. The molecule has 0 aromatic carbocycles. The van der Waals surface area contributed by atoms with E-state index in [0.717, 1.165) is 12.3 Å². The van der Waals surface area contributed by atoms with E-state index in [1.54, 1.807) is 0 Å². The summed E-state index contributed by atoms with van der Waals surface area (Å²) in [6.45, 7) is 20.4. The number of hydrogen-bond acceptors (Lipinski definition) is 0. The topological polar surface area (TPSA) is 0 Å². The summed E-state index contributed by atoms with van der Waals surface area (Å²) >= 11 is 0. The summed E-state index contributed by atoms with van der Waals surface area (Å²) in [5, 5.41) is 0. The second kappa shape index (κ2) is 14.4. The highest BCUT2D eigenvalue weighted by molar-refractivity contribution is 5.31. The van der Waals surface area contributed by atoms with Gasteiger partial charge in [-0.2, -0.15) is 0 Å². The van der Waals surface area contributed by atoms with Crippen LogP contribution in [0, 0.1) is 11.8 Å². The lowest BCUT2D eigenvalue weighted by Crippen LogP contribution is -1.97. The lowest BCUT2D eigenvalue weighted by molar-refractivity contribution is 0.536. The molecule has 1 rings (SSSR count). The monoisotopic (exact) mass is 276 g/mol. The summed E-state index contributed by atoms with van der Waals surface area (Å²) in [5.74, 6) is 1.49. The highest BCUT2D eigenvalue weighted by atomic mass is 14.1. The molecule has 0 spiro atoms. The van der Waals surface area contributed by atoms with E-state index in [4.69, 9.17) is 0 Å². The van der Waals surface area contributed by atoms with Gasteiger partial charge >= 0.3 is 0 Å². The van der Waals surface area contributed by atoms with Crippen molar-refractivity contribution in [3.8, 4) is 0 Å². The van der Waals surface area contributed by atoms with Gasteiger partial charge in [-0.05, 0) is 43.6 Å². The van der Waals surface area contributed by atoms with Gasteiger partial charge in [-0.15, -0.1) is 0 Å². The standard InChI is InChI=1S/C9H12.C9H18.C2H6/c1-3-9-6-4-8(2)5-7-9;1-5-7-9(6-2)8(3)4;1-2/h3-4,6-8H,1,5H2,2H3;9H,3,5-7H2,1-2,4H3;1-2H3. The quantitative estimate of drug-likeness (QED) is 0.469. The minimum atomic E-state index is 0.716. The highest BCUT2D eigenvalue weighted by Gasteiger charge is 2.03. The van der Waals surface area contributed by atoms with Crippen LogP contribution >= 0.6 is 0 Å². The van der Waals surface area contributed by atoms with Gasteiger partial charge in [0.2, 0.25) is 0 Å². The highest BCUT2D eigenvalue weighted by Crippen LogP contribution is 2.18. The van der Waals surface area contributed by atoms with Crippen molar-refractivity contribution >= 4 is 0 Å². The predicted molar refractivity (Wildman–Crippen MR) is 96.1 cm³/mol. The van der Waals surface area contributed by atoms with Crippen molar-refractivity contribution in [1.29, 1.82) is 0 Å². The fourth-order valence-corrected chi connectivity index (χ4v) is 2.04. The lowest BCUT2D eigenvalue weighted by atomic mass is 9.94. The molecule has 0 aromatic rings. The van der Waals surface area contributed by atoms with Gasteiger partial charge in [0.05, 0.1) is 0 Å². The van der Waals surface area contributed by atoms with Crippen molar-refractivity contribution in [2.45, 2.75) is 67.2 Å². The molecule has 0 saturated heterocycles. The third-order valence-corrected chi connectivity index (χ3v) is 3.41. The van der Waals surface area contributed by atoms with Crippen molar-refractivity contribution < 1.29 is 0 Å². The Bertz CT molecular complexity index is 304. The van der Waals surface area contributed by atoms with Crippen LogP contribution in [0.1, 0.15) is 67.2 Å². The molecule has 0 nitrogen and oxygen atoms in total. The third kappa shape index (κ3) is 10.8. The largest absolute Gasteiger partial charge is 0.0999 e. The molecule has 0 aliphatic heterocycles. The first-order chi connectivity index (χ1) is 9.54. The maximum Gasteiger partial charge on any atom is -0.0211 e. The summed E-state index contributed by atoms with van der Waals surface area (Å²) in [5.41, 5.74) is 2.60. The summed E-state index contributed by atoms with van der Waals surface area (Å²) in [4.78, 5) is 0. The fraction of sp³-hybridized carbons (Fsp3) is 0.600. The van der Waals surface area contributed by atoms with Crippen LogP contribution in [0.15, 0.2) is 48.6 Å². The molecule has 0 heteroatoms.